The number of aryl methyl sites for hydroxylation is 2. The number of rotatable bonds is 3. The van der Waals surface area contributed by atoms with Gasteiger partial charge in [-0.15, -0.1) is 0 Å². The van der Waals surface area contributed by atoms with Crippen molar-refractivity contribution in [3.63, 3.8) is 0 Å². The molecule has 2 aliphatic rings. The van der Waals surface area contributed by atoms with E-state index in [1.807, 2.05) is 24.3 Å². The van der Waals surface area contributed by atoms with E-state index in [0.29, 0.717) is 42.9 Å². The number of carbonyl (C=O) groups excluding carboxylic acids is 2. The molecule has 2 aromatic rings. The van der Waals surface area contributed by atoms with Crippen molar-refractivity contribution in [2.24, 2.45) is 7.05 Å². The summed E-state index contributed by atoms with van der Waals surface area (Å²) >= 11 is 0. The summed E-state index contributed by atoms with van der Waals surface area (Å²) in [7, 11) is 1.80. The molecular formula is C20H23N3O3. The van der Waals surface area contributed by atoms with Crippen LogP contribution >= 0.6 is 0 Å². The number of likely N-dealkylation sites (tertiary alicyclic amines) is 1. The number of fused-ring (bicyclic) bond motifs is 1. The maximum Gasteiger partial charge on any atom is 0.272 e. The number of hydrogen-bond acceptors (Lipinski definition) is 4. The average molecular weight is 353 g/mol. The Morgan fingerprint density at radius 2 is 2.15 bits per heavy atom. The van der Waals surface area contributed by atoms with E-state index >= 15 is 0 Å². The number of ketones is 1. The molecule has 1 fully saturated rings. The number of ether oxygens (including phenoxy) is 1. The van der Waals surface area contributed by atoms with E-state index in [-0.39, 0.29) is 11.7 Å². The smallest absolute Gasteiger partial charge is 0.272 e. The topological polar surface area (TPSA) is 64.4 Å². The summed E-state index contributed by atoms with van der Waals surface area (Å²) in [6.07, 6.45) is 2.84. The van der Waals surface area contributed by atoms with Crippen molar-refractivity contribution in [3.05, 3.63) is 47.3 Å². The molecule has 6 nitrogen and oxygen atoms in total. The Balaban J connectivity index is 1.54. The summed E-state index contributed by atoms with van der Waals surface area (Å²) in [6, 6.07) is 9.22. The Morgan fingerprint density at radius 3 is 2.96 bits per heavy atom. The van der Waals surface area contributed by atoms with Crippen LogP contribution in [0.15, 0.2) is 30.3 Å². The zero-order valence-corrected chi connectivity index (χ0v) is 15.2. The van der Waals surface area contributed by atoms with Crippen molar-refractivity contribution in [1.29, 1.82) is 0 Å². The third-order valence-corrected chi connectivity index (χ3v) is 5.26. The molecular weight excluding hydrogens is 330 g/mol. The molecule has 0 unspecified atom stereocenters. The Kier molecular flexibility index (Phi) is 4.05. The number of Topliss-reactive ketones (excluding diaryl/α,β-unsaturated/α-hetero) is 1. The predicted octanol–water partition coefficient (Wildman–Crippen LogP) is 2.62. The average Bonchev–Trinajstić information content (AvgIpc) is 3.18. The largest absolute Gasteiger partial charge is 0.484 e. The zero-order chi connectivity index (χ0) is 18.3. The fraction of sp³-hybridized carbons (Fsp3) is 0.450. The molecule has 1 spiro atoms. The van der Waals surface area contributed by atoms with Crippen molar-refractivity contribution in [2.45, 2.75) is 38.2 Å². The van der Waals surface area contributed by atoms with Gasteiger partial charge in [-0.05, 0) is 24.6 Å². The van der Waals surface area contributed by atoms with Crippen molar-refractivity contribution >= 4 is 11.7 Å². The first-order valence-electron chi connectivity index (χ1n) is 9.15. The zero-order valence-electron chi connectivity index (χ0n) is 15.2. The quantitative estimate of drug-likeness (QED) is 0.851. The number of nitrogens with zero attached hydrogens (tertiary/aromatic N) is 3. The van der Waals surface area contributed by atoms with Crippen LogP contribution < -0.4 is 4.74 Å². The molecule has 0 N–H and O–H groups in total. The van der Waals surface area contributed by atoms with Gasteiger partial charge in [-0.3, -0.25) is 14.3 Å². The van der Waals surface area contributed by atoms with Crippen LogP contribution in [-0.2, 0) is 13.5 Å². The minimum Gasteiger partial charge on any atom is -0.484 e. The maximum absolute atomic E-state index is 13.0. The molecule has 4 rings (SSSR count). The summed E-state index contributed by atoms with van der Waals surface area (Å²) in [5.74, 6) is 0.671. The van der Waals surface area contributed by atoms with Gasteiger partial charge in [0.2, 0.25) is 0 Å². The molecule has 3 heterocycles. The van der Waals surface area contributed by atoms with Crippen LogP contribution in [0.25, 0.3) is 0 Å². The Hall–Kier alpha value is -2.63. The standard InChI is InChI=1S/C20H23N3O3/c1-3-6-14-11-16(22(2)21-14)19(25)23-10-9-20(13-23)12-17(24)15-7-4-5-8-18(15)26-20/h4-5,7-8,11H,3,6,9-10,12-13H2,1-2H3/t20-/m0/s1. The van der Waals surface area contributed by atoms with E-state index in [9.17, 15) is 9.59 Å². The van der Waals surface area contributed by atoms with Crippen LogP contribution in [0.4, 0.5) is 0 Å². The summed E-state index contributed by atoms with van der Waals surface area (Å²) in [4.78, 5) is 27.3. The molecule has 0 bridgehead atoms. The molecule has 1 saturated heterocycles. The van der Waals surface area contributed by atoms with Gasteiger partial charge in [0.05, 0.1) is 24.2 Å². The highest BCUT2D eigenvalue weighted by Gasteiger charge is 2.47. The maximum atomic E-state index is 13.0. The molecule has 136 valence electrons. The first kappa shape index (κ1) is 16.8. The van der Waals surface area contributed by atoms with Gasteiger partial charge in [0.25, 0.3) is 5.91 Å². The van der Waals surface area contributed by atoms with Crippen LogP contribution in [0.1, 0.15) is 52.7 Å². The third-order valence-electron chi connectivity index (χ3n) is 5.26. The molecule has 1 aromatic heterocycles. The van der Waals surface area contributed by atoms with Gasteiger partial charge in [0, 0.05) is 20.0 Å². The van der Waals surface area contributed by atoms with Crippen molar-refractivity contribution in [1.82, 2.24) is 14.7 Å². The number of hydrogen-bond donors (Lipinski definition) is 0. The highest BCUT2D eigenvalue weighted by molar-refractivity contribution is 6.00. The molecule has 1 atom stereocenters. The number of carbonyl (C=O) groups is 2. The fourth-order valence-electron chi connectivity index (χ4n) is 3.96. The van der Waals surface area contributed by atoms with E-state index in [1.54, 1.807) is 22.7 Å². The highest BCUT2D eigenvalue weighted by Crippen LogP contribution is 2.38. The van der Waals surface area contributed by atoms with Gasteiger partial charge >= 0.3 is 0 Å². The van der Waals surface area contributed by atoms with E-state index in [4.69, 9.17) is 4.74 Å². The van der Waals surface area contributed by atoms with Crippen LogP contribution in [0.2, 0.25) is 0 Å². The van der Waals surface area contributed by atoms with Crippen LogP contribution in [-0.4, -0.2) is 45.1 Å². The number of aromatic nitrogens is 2. The van der Waals surface area contributed by atoms with Crippen molar-refractivity contribution in [3.8, 4) is 5.75 Å². The highest BCUT2D eigenvalue weighted by atomic mass is 16.5. The van der Waals surface area contributed by atoms with Gasteiger partial charge in [-0.25, -0.2) is 0 Å². The second kappa shape index (κ2) is 6.27. The van der Waals surface area contributed by atoms with Gasteiger partial charge in [-0.1, -0.05) is 25.5 Å². The minimum atomic E-state index is -0.605. The molecule has 26 heavy (non-hydrogen) atoms. The Labute approximate surface area is 152 Å². The van der Waals surface area contributed by atoms with Crippen molar-refractivity contribution in [2.75, 3.05) is 13.1 Å². The monoisotopic (exact) mass is 353 g/mol. The number of benzene rings is 1. The second-order valence-corrected chi connectivity index (χ2v) is 7.25. The summed E-state index contributed by atoms with van der Waals surface area (Å²) < 4.78 is 7.86. The van der Waals surface area contributed by atoms with Crippen LogP contribution in [0.3, 0.4) is 0 Å². The Bertz CT molecular complexity index is 873. The van der Waals surface area contributed by atoms with Gasteiger partial charge < -0.3 is 9.64 Å². The summed E-state index contributed by atoms with van der Waals surface area (Å²) in [6.45, 7) is 3.11. The minimum absolute atomic E-state index is 0.0471. The molecule has 1 amide bonds. The van der Waals surface area contributed by atoms with Gasteiger partial charge in [0.1, 0.15) is 17.0 Å². The molecule has 2 aliphatic heterocycles. The first-order valence-corrected chi connectivity index (χ1v) is 9.15. The second-order valence-electron chi connectivity index (χ2n) is 7.25. The number of para-hydroxylation sites is 1. The van der Waals surface area contributed by atoms with E-state index in [0.717, 1.165) is 18.5 Å². The lowest BCUT2D eigenvalue weighted by Crippen LogP contribution is -2.45. The van der Waals surface area contributed by atoms with E-state index in [1.165, 1.54) is 0 Å². The summed E-state index contributed by atoms with van der Waals surface area (Å²) in [5.41, 5.74) is 1.56. The molecule has 0 aliphatic carbocycles. The van der Waals surface area contributed by atoms with Crippen molar-refractivity contribution < 1.29 is 14.3 Å². The summed E-state index contributed by atoms with van der Waals surface area (Å²) in [5, 5.41) is 4.42. The lowest BCUT2D eigenvalue weighted by Gasteiger charge is -2.34. The lowest BCUT2D eigenvalue weighted by molar-refractivity contribution is 0.0426. The van der Waals surface area contributed by atoms with Gasteiger partial charge in [0.15, 0.2) is 5.78 Å². The van der Waals surface area contributed by atoms with Crippen LogP contribution in [0, 0.1) is 0 Å². The fourth-order valence-corrected chi connectivity index (χ4v) is 3.96. The normalized spacial score (nSPS) is 21.8. The predicted molar refractivity (Wildman–Crippen MR) is 96.5 cm³/mol. The molecule has 6 heteroatoms. The Morgan fingerprint density at radius 1 is 1.35 bits per heavy atom. The van der Waals surface area contributed by atoms with Gasteiger partial charge in [-0.2, -0.15) is 5.10 Å². The first-order chi connectivity index (χ1) is 12.5. The van der Waals surface area contributed by atoms with Crippen LogP contribution in [0.5, 0.6) is 5.75 Å². The van der Waals surface area contributed by atoms with E-state index in [2.05, 4.69) is 12.0 Å². The molecule has 1 aromatic carbocycles. The molecule has 0 saturated carbocycles. The molecule has 0 radical (unpaired) electrons. The van der Waals surface area contributed by atoms with E-state index < -0.39 is 5.60 Å². The lowest BCUT2D eigenvalue weighted by atomic mass is 9.89. The SMILES string of the molecule is CCCc1cc(C(=O)N2CC[C@]3(CC(=O)c4ccccc4O3)C2)n(C)n1. The third kappa shape index (κ3) is 2.79. The number of amides is 1.